The molecule has 0 spiro atoms. The van der Waals surface area contributed by atoms with Crippen molar-refractivity contribution >= 4 is 32.9 Å². The van der Waals surface area contributed by atoms with E-state index in [1.807, 2.05) is 19.1 Å². The molecule has 0 amide bonds. The summed E-state index contributed by atoms with van der Waals surface area (Å²) in [5.41, 5.74) is 2.00. The predicted molar refractivity (Wildman–Crippen MR) is 64.5 cm³/mol. The summed E-state index contributed by atoms with van der Waals surface area (Å²) >= 11 is 3.37. The van der Waals surface area contributed by atoms with Crippen molar-refractivity contribution < 1.29 is 9.53 Å². The van der Waals surface area contributed by atoms with Crippen LogP contribution < -0.4 is 0 Å². The Morgan fingerprint density at radius 1 is 1.56 bits per heavy atom. The zero-order chi connectivity index (χ0) is 11.7. The fourth-order valence-corrected chi connectivity index (χ4v) is 2.06. The van der Waals surface area contributed by atoms with Crippen molar-refractivity contribution in [1.29, 1.82) is 0 Å². The number of nitrogens with one attached hydrogen (secondary N) is 1. The summed E-state index contributed by atoms with van der Waals surface area (Å²) in [6.45, 7) is 4.03. The molecule has 2 rings (SSSR count). The fourth-order valence-electron chi connectivity index (χ4n) is 1.48. The molecule has 0 aliphatic heterocycles. The number of aromatic nitrogens is 2. The lowest BCUT2D eigenvalue weighted by Crippen LogP contribution is -2.05. The first-order valence-electron chi connectivity index (χ1n) is 4.95. The summed E-state index contributed by atoms with van der Waals surface area (Å²) in [5, 5.41) is 0.883. The van der Waals surface area contributed by atoms with Gasteiger partial charge in [0, 0.05) is 11.1 Å². The molecule has 2 heterocycles. The molecular formula is C11H11BrN2O2. The van der Waals surface area contributed by atoms with E-state index < -0.39 is 0 Å². The summed E-state index contributed by atoms with van der Waals surface area (Å²) in [6, 6.07) is 3.82. The first-order chi connectivity index (χ1) is 7.63. The van der Waals surface area contributed by atoms with Gasteiger partial charge < -0.3 is 9.72 Å². The van der Waals surface area contributed by atoms with Gasteiger partial charge in [0.1, 0.15) is 11.3 Å². The lowest BCUT2D eigenvalue weighted by molar-refractivity contribution is 0.0519. The lowest BCUT2D eigenvalue weighted by atomic mass is 10.3. The Kier molecular flexibility index (Phi) is 2.96. The van der Waals surface area contributed by atoms with Gasteiger partial charge in [0.05, 0.1) is 11.1 Å². The minimum absolute atomic E-state index is 0.354. The van der Waals surface area contributed by atoms with Crippen LogP contribution >= 0.6 is 15.9 Å². The molecule has 0 radical (unpaired) electrons. The van der Waals surface area contributed by atoms with E-state index >= 15 is 0 Å². The summed E-state index contributed by atoms with van der Waals surface area (Å²) in [7, 11) is 0. The molecule has 0 saturated carbocycles. The zero-order valence-corrected chi connectivity index (χ0v) is 10.6. The van der Waals surface area contributed by atoms with Crippen LogP contribution in [0.4, 0.5) is 0 Å². The number of pyridine rings is 1. The first kappa shape index (κ1) is 11.1. The van der Waals surface area contributed by atoms with Crippen LogP contribution in [0.15, 0.2) is 16.6 Å². The third kappa shape index (κ3) is 1.82. The van der Waals surface area contributed by atoms with E-state index in [2.05, 4.69) is 25.9 Å². The maximum atomic E-state index is 11.6. The van der Waals surface area contributed by atoms with E-state index in [1.54, 1.807) is 6.92 Å². The summed E-state index contributed by atoms with van der Waals surface area (Å²) in [5.74, 6) is -0.370. The van der Waals surface area contributed by atoms with Gasteiger partial charge in [0.2, 0.25) is 0 Å². The average molecular weight is 283 g/mol. The van der Waals surface area contributed by atoms with Crippen LogP contribution in [-0.2, 0) is 4.74 Å². The minimum atomic E-state index is -0.370. The largest absolute Gasteiger partial charge is 0.461 e. The number of hydrogen-bond acceptors (Lipinski definition) is 3. The maximum Gasteiger partial charge on any atom is 0.355 e. The van der Waals surface area contributed by atoms with Crippen LogP contribution in [0.5, 0.6) is 0 Å². The number of rotatable bonds is 2. The zero-order valence-electron chi connectivity index (χ0n) is 9.00. The molecule has 2 aromatic rings. The van der Waals surface area contributed by atoms with Crippen LogP contribution in [-0.4, -0.2) is 22.5 Å². The standard InChI is InChI=1S/C11H11BrN2O2/c1-3-16-11(15)9-8(12)7-5-4-6(2)13-10(7)14-9/h4-5H,3H2,1-2H3,(H,13,14). The second kappa shape index (κ2) is 4.25. The topological polar surface area (TPSA) is 55.0 Å². The molecule has 2 aromatic heterocycles. The molecule has 5 heteroatoms. The van der Waals surface area contributed by atoms with E-state index in [0.29, 0.717) is 22.4 Å². The Balaban J connectivity index is 2.55. The lowest BCUT2D eigenvalue weighted by Gasteiger charge is -1.98. The van der Waals surface area contributed by atoms with Crippen molar-refractivity contribution in [3.05, 3.63) is 28.0 Å². The number of carbonyl (C=O) groups is 1. The van der Waals surface area contributed by atoms with Crippen molar-refractivity contribution in [2.75, 3.05) is 6.61 Å². The number of fused-ring (bicyclic) bond motifs is 1. The van der Waals surface area contributed by atoms with Crippen molar-refractivity contribution in [1.82, 2.24) is 9.97 Å². The van der Waals surface area contributed by atoms with E-state index in [4.69, 9.17) is 4.74 Å². The number of H-pyrrole nitrogens is 1. The first-order valence-corrected chi connectivity index (χ1v) is 5.74. The molecule has 1 N–H and O–H groups in total. The molecule has 4 nitrogen and oxygen atoms in total. The van der Waals surface area contributed by atoms with Gasteiger partial charge >= 0.3 is 5.97 Å². The number of halogens is 1. The van der Waals surface area contributed by atoms with Gasteiger partial charge in [0.15, 0.2) is 0 Å². The molecule has 16 heavy (non-hydrogen) atoms. The van der Waals surface area contributed by atoms with Crippen LogP contribution in [0, 0.1) is 6.92 Å². The predicted octanol–water partition coefficient (Wildman–Crippen LogP) is 2.81. The summed E-state index contributed by atoms with van der Waals surface area (Å²) in [6.07, 6.45) is 0. The van der Waals surface area contributed by atoms with E-state index in [9.17, 15) is 4.79 Å². The second-order valence-electron chi connectivity index (χ2n) is 3.38. The SMILES string of the molecule is CCOC(=O)c1[nH]c2nc(C)ccc2c1Br. The molecule has 0 aliphatic carbocycles. The molecule has 0 aromatic carbocycles. The van der Waals surface area contributed by atoms with E-state index in [0.717, 1.165) is 11.1 Å². The number of esters is 1. The van der Waals surface area contributed by atoms with Crippen molar-refractivity contribution in [3.8, 4) is 0 Å². The molecule has 0 aliphatic rings. The Labute approximate surface area is 101 Å². The van der Waals surface area contributed by atoms with Gasteiger partial charge in [-0.2, -0.15) is 0 Å². The van der Waals surface area contributed by atoms with Gasteiger partial charge in [-0.05, 0) is 41.9 Å². The highest BCUT2D eigenvalue weighted by Crippen LogP contribution is 2.27. The summed E-state index contributed by atoms with van der Waals surface area (Å²) in [4.78, 5) is 18.9. The average Bonchev–Trinajstić information content (AvgIpc) is 2.56. The Bertz CT molecular complexity index is 548. The normalized spacial score (nSPS) is 10.7. The third-order valence-corrected chi connectivity index (χ3v) is 3.04. The van der Waals surface area contributed by atoms with Crippen LogP contribution in [0.1, 0.15) is 23.1 Å². The number of ether oxygens (including phenoxy) is 1. The van der Waals surface area contributed by atoms with Gasteiger partial charge in [-0.25, -0.2) is 9.78 Å². The monoisotopic (exact) mass is 282 g/mol. The van der Waals surface area contributed by atoms with Crippen molar-refractivity contribution in [3.63, 3.8) is 0 Å². The molecule has 0 bridgehead atoms. The van der Waals surface area contributed by atoms with Crippen LogP contribution in [0.25, 0.3) is 11.0 Å². The number of aromatic amines is 1. The van der Waals surface area contributed by atoms with E-state index in [1.165, 1.54) is 0 Å². The highest BCUT2D eigenvalue weighted by molar-refractivity contribution is 9.10. The smallest absolute Gasteiger partial charge is 0.355 e. The molecule has 0 saturated heterocycles. The number of nitrogens with zero attached hydrogens (tertiary/aromatic N) is 1. The Morgan fingerprint density at radius 3 is 3.00 bits per heavy atom. The minimum Gasteiger partial charge on any atom is -0.461 e. The van der Waals surface area contributed by atoms with Gasteiger partial charge in [0.25, 0.3) is 0 Å². The van der Waals surface area contributed by atoms with Crippen LogP contribution in [0.3, 0.4) is 0 Å². The number of hydrogen-bond donors (Lipinski definition) is 1. The molecule has 0 fully saturated rings. The number of carbonyl (C=O) groups excluding carboxylic acids is 1. The molecular weight excluding hydrogens is 272 g/mol. The Morgan fingerprint density at radius 2 is 2.31 bits per heavy atom. The third-order valence-electron chi connectivity index (χ3n) is 2.21. The van der Waals surface area contributed by atoms with Crippen LogP contribution in [0.2, 0.25) is 0 Å². The molecule has 0 unspecified atom stereocenters. The highest BCUT2D eigenvalue weighted by Gasteiger charge is 2.17. The quantitative estimate of drug-likeness (QED) is 0.862. The maximum absolute atomic E-state index is 11.6. The van der Waals surface area contributed by atoms with Gasteiger partial charge in [-0.15, -0.1) is 0 Å². The Hall–Kier alpha value is -1.36. The highest BCUT2D eigenvalue weighted by atomic mass is 79.9. The van der Waals surface area contributed by atoms with E-state index in [-0.39, 0.29) is 5.97 Å². The molecule has 0 atom stereocenters. The number of aryl methyl sites for hydroxylation is 1. The van der Waals surface area contributed by atoms with Gasteiger partial charge in [-0.3, -0.25) is 0 Å². The van der Waals surface area contributed by atoms with Crippen molar-refractivity contribution in [2.24, 2.45) is 0 Å². The fraction of sp³-hybridized carbons (Fsp3) is 0.273. The van der Waals surface area contributed by atoms with Gasteiger partial charge in [-0.1, -0.05) is 0 Å². The molecule has 84 valence electrons. The second-order valence-corrected chi connectivity index (χ2v) is 4.18. The summed E-state index contributed by atoms with van der Waals surface area (Å²) < 4.78 is 5.64. The van der Waals surface area contributed by atoms with Crippen molar-refractivity contribution in [2.45, 2.75) is 13.8 Å².